The van der Waals surface area contributed by atoms with Gasteiger partial charge in [0.05, 0.1) is 0 Å². The number of nitrogens with one attached hydrogen (secondary N) is 1. The molecular weight excluding hydrogens is 374 g/mol. The highest BCUT2D eigenvalue weighted by molar-refractivity contribution is 5.93. The molecule has 0 radical (unpaired) electrons. The summed E-state index contributed by atoms with van der Waals surface area (Å²) in [5.41, 5.74) is 0.588. The Morgan fingerprint density at radius 3 is 2.11 bits per heavy atom. The summed E-state index contributed by atoms with van der Waals surface area (Å²) in [5.74, 6) is -0.0690. The van der Waals surface area contributed by atoms with Gasteiger partial charge in [-0.15, -0.1) is 12.4 Å². The summed E-state index contributed by atoms with van der Waals surface area (Å²) >= 11 is 0. The topological polar surface area (TPSA) is 53.3 Å². The molecule has 0 bridgehead atoms. The van der Waals surface area contributed by atoms with Gasteiger partial charge < -0.3 is 10.2 Å². The lowest BCUT2D eigenvalue weighted by Crippen LogP contribution is -2.43. The summed E-state index contributed by atoms with van der Waals surface area (Å²) in [6.45, 7) is 3.22. The van der Waals surface area contributed by atoms with E-state index in [1.807, 2.05) is 6.20 Å². The first kappa shape index (κ1) is 26.4. The third-order valence-corrected chi connectivity index (χ3v) is 4.69. The highest BCUT2D eigenvalue weighted by Gasteiger charge is 2.14. The molecule has 6 heteroatoms. The summed E-state index contributed by atoms with van der Waals surface area (Å²) in [5, 5.41) is 2.97. The van der Waals surface area contributed by atoms with E-state index in [1.165, 1.54) is 62.7 Å². The van der Waals surface area contributed by atoms with Gasteiger partial charge in [-0.1, -0.05) is 64.7 Å². The molecule has 0 aliphatic rings. The molecule has 1 aromatic heterocycles. The molecule has 0 spiro atoms. The zero-order valence-electron chi connectivity index (χ0n) is 17.9. The van der Waals surface area contributed by atoms with E-state index in [9.17, 15) is 9.59 Å². The van der Waals surface area contributed by atoms with Crippen molar-refractivity contribution in [2.24, 2.45) is 0 Å². The first-order valence-electron chi connectivity index (χ1n) is 10.5. The third-order valence-electron chi connectivity index (χ3n) is 4.69. The standard InChI is InChI=1S/C22H37N3O2.ClH/c1-4-5-6-7-8-9-10-11-12-13-16-23-21(26)19-25-17-14-15-20(18-25)22(27)24(2)3;/h14-15,17-18H,4-13,16,19H2,1-3H3;1H/p+1. The largest absolute Gasteiger partial charge is 0.351 e. The highest BCUT2D eigenvalue weighted by atomic mass is 35.5. The summed E-state index contributed by atoms with van der Waals surface area (Å²) in [4.78, 5) is 25.6. The second-order valence-corrected chi connectivity index (χ2v) is 7.50. The van der Waals surface area contributed by atoms with Crippen molar-refractivity contribution in [1.82, 2.24) is 10.2 Å². The van der Waals surface area contributed by atoms with Crippen molar-refractivity contribution >= 4 is 24.2 Å². The maximum Gasteiger partial charge on any atom is 0.285 e. The first-order valence-corrected chi connectivity index (χ1v) is 10.5. The number of rotatable bonds is 14. The van der Waals surface area contributed by atoms with Gasteiger partial charge in [-0.05, 0) is 12.5 Å². The predicted molar refractivity (Wildman–Crippen MR) is 117 cm³/mol. The van der Waals surface area contributed by atoms with Crippen molar-refractivity contribution in [3.05, 3.63) is 30.1 Å². The summed E-state index contributed by atoms with van der Waals surface area (Å²) < 4.78 is 1.75. The second-order valence-electron chi connectivity index (χ2n) is 7.50. The quantitative estimate of drug-likeness (QED) is 0.369. The van der Waals surface area contributed by atoms with Crippen LogP contribution in [0.2, 0.25) is 0 Å². The maximum atomic E-state index is 12.1. The molecule has 2 amide bonds. The van der Waals surface area contributed by atoms with E-state index in [0.29, 0.717) is 5.56 Å². The van der Waals surface area contributed by atoms with E-state index >= 15 is 0 Å². The van der Waals surface area contributed by atoms with Gasteiger partial charge in [-0.2, -0.15) is 4.57 Å². The number of halogens is 1. The third kappa shape index (κ3) is 12.0. The molecule has 1 N–H and O–H groups in total. The minimum atomic E-state index is -0.0601. The van der Waals surface area contributed by atoms with Crippen molar-refractivity contribution in [2.45, 2.75) is 77.7 Å². The fourth-order valence-electron chi connectivity index (χ4n) is 3.07. The van der Waals surface area contributed by atoms with Gasteiger partial charge in [0.25, 0.3) is 11.8 Å². The molecule has 0 unspecified atom stereocenters. The van der Waals surface area contributed by atoms with Crippen LogP contribution in [0.1, 0.15) is 81.5 Å². The van der Waals surface area contributed by atoms with Crippen molar-refractivity contribution in [3.8, 4) is 0 Å². The molecule has 0 fully saturated rings. The van der Waals surface area contributed by atoms with Crippen molar-refractivity contribution in [2.75, 3.05) is 20.6 Å². The Kier molecular flexibility index (Phi) is 15.4. The van der Waals surface area contributed by atoms with Crippen LogP contribution in [0.5, 0.6) is 0 Å². The van der Waals surface area contributed by atoms with Crippen LogP contribution in [0.3, 0.4) is 0 Å². The number of hydrogen-bond acceptors (Lipinski definition) is 2. The minimum absolute atomic E-state index is 0. The van der Waals surface area contributed by atoms with Crippen LogP contribution in [-0.4, -0.2) is 37.4 Å². The SMILES string of the molecule is CCCCCCCCCCCCNC(=O)C[n+]1cccc(C(=O)N(C)C)c1.Cl. The van der Waals surface area contributed by atoms with Crippen LogP contribution in [0.4, 0.5) is 0 Å². The summed E-state index contributed by atoms with van der Waals surface area (Å²) in [6, 6.07) is 3.56. The van der Waals surface area contributed by atoms with Gasteiger partial charge in [0, 0.05) is 26.7 Å². The lowest BCUT2D eigenvalue weighted by atomic mass is 10.1. The number of carbonyl (C=O) groups is 2. The molecule has 0 aromatic carbocycles. The maximum absolute atomic E-state index is 12.1. The zero-order valence-corrected chi connectivity index (χ0v) is 18.7. The van der Waals surface area contributed by atoms with Crippen LogP contribution in [0.25, 0.3) is 0 Å². The van der Waals surface area contributed by atoms with E-state index in [0.717, 1.165) is 13.0 Å². The molecular formula is C22H39ClN3O2+. The van der Waals surface area contributed by atoms with E-state index in [2.05, 4.69) is 12.2 Å². The van der Waals surface area contributed by atoms with Crippen LogP contribution >= 0.6 is 12.4 Å². The van der Waals surface area contributed by atoms with Crippen molar-refractivity contribution in [1.29, 1.82) is 0 Å². The molecule has 1 heterocycles. The minimum Gasteiger partial charge on any atom is -0.351 e. The van der Waals surface area contributed by atoms with Gasteiger partial charge in [0.1, 0.15) is 5.56 Å². The average Bonchev–Trinajstić information content (AvgIpc) is 2.65. The van der Waals surface area contributed by atoms with E-state index in [1.54, 1.807) is 37.0 Å². The molecule has 1 rings (SSSR count). The summed E-state index contributed by atoms with van der Waals surface area (Å²) in [6.07, 6.45) is 16.5. The number of aromatic nitrogens is 1. The Bertz CT molecular complexity index is 564. The Morgan fingerprint density at radius 2 is 1.54 bits per heavy atom. The molecule has 160 valence electrons. The van der Waals surface area contributed by atoms with Crippen molar-refractivity contribution in [3.63, 3.8) is 0 Å². The molecule has 5 nitrogen and oxygen atoms in total. The van der Waals surface area contributed by atoms with Crippen molar-refractivity contribution < 1.29 is 14.2 Å². The van der Waals surface area contributed by atoms with E-state index in [4.69, 9.17) is 0 Å². The molecule has 0 saturated carbocycles. The monoisotopic (exact) mass is 412 g/mol. The number of hydrogen-bond donors (Lipinski definition) is 1. The lowest BCUT2D eigenvalue weighted by molar-refractivity contribution is -0.684. The van der Waals surface area contributed by atoms with Crippen LogP contribution in [-0.2, 0) is 11.3 Å². The average molecular weight is 413 g/mol. The molecule has 0 saturated heterocycles. The van der Waals surface area contributed by atoms with Crippen LogP contribution in [0, 0.1) is 0 Å². The van der Waals surface area contributed by atoms with E-state index in [-0.39, 0.29) is 30.8 Å². The predicted octanol–water partition coefficient (Wildman–Crippen LogP) is 4.13. The summed E-state index contributed by atoms with van der Waals surface area (Å²) in [7, 11) is 3.44. The first-order chi connectivity index (χ1) is 13.0. The van der Waals surface area contributed by atoms with Gasteiger partial charge in [0.15, 0.2) is 12.4 Å². The second kappa shape index (κ2) is 16.3. The van der Waals surface area contributed by atoms with Gasteiger partial charge in [-0.25, -0.2) is 0 Å². The number of unbranched alkanes of at least 4 members (excludes halogenated alkanes) is 9. The Morgan fingerprint density at radius 1 is 0.964 bits per heavy atom. The Labute approximate surface area is 177 Å². The highest BCUT2D eigenvalue weighted by Crippen LogP contribution is 2.10. The normalized spacial score (nSPS) is 10.2. The zero-order chi connectivity index (χ0) is 19.9. The molecule has 0 aliphatic carbocycles. The van der Waals surface area contributed by atoms with Gasteiger partial charge in [0.2, 0.25) is 6.54 Å². The number of amides is 2. The molecule has 0 atom stereocenters. The Balaban J connectivity index is 0.00000729. The molecule has 28 heavy (non-hydrogen) atoms. The Hall–Kier alpha value is -1.62. The number of pyridine rings is 1. The van der Waals surface area contributed by atoms with Gasteiger partial charge >= 0.3 is 0 Å². The smallest absolute Gasteiger partial charge is 0.285 e. The molecule has 1 aromatic rings. The van der Waals surface area contributed by atoms with Crippen LogP contribution in [0.15, 0.2) is 24.5 Å². The fourth-order valence-corrected chi connectivity index (χ4v) is 3.07. The van der Waals surface area contributed by atoms with Crippen LogP contribution < -0.4 is 9.88 Å². The lowest BCUT2D eigenvalue weighted by Gasteiger charge is -2.09. The molecule has 0 aliphatic heterocycles. The number of nitrogens with zero attached hydrogens (tertiary/aromatic N) is 2. The van der Waals surface area contributed by atoms with E-state index < -0.39 is 0 Å². The van der Waals surface area contributed by atoms with Gasteiger partial charge in [-0.3, -0.25) is 9.59 Å². The fraction of sp³-hybridized carbons (Fsp3) is 0.682. The number of carbonyl (C=O) groups excluding carboxylic acids is 2.